The Morgan fingerprint density at radius 1 is 1.23 bits per heavy atom. The number of carbonyl (C=O) groups is 1. The fourth-order valence-corrected chi connectivity index (χ4v) is 3.00. The average molecular weight is 422 g/mol. The number of nitrogens with zero attached hydrogens (tertiary/aromatic N) is 2. The topological polar surface area (TPSA) is 109 Å². The largest absolute Gasteiger partial charge is 0.456 e. The monoisotopic (exact) mass is 421 g/mol. The van der Waals surface area contributed by atoms with E-state index in [1.54, 1.807) is 0 Å². The lowest BCUT2D eigenvalue weighted by Gasteiger charge is -2.13. The first-order chi connectivity index (χ1) is 14.4. The van der Waals surface area contributed by atoms with Gasteiger partial charge in [0.1, 0.15) is 23.2 Å². The lowest BCUT2D eigenvalue weighted by molar-refractivity contribution is -0.384. The van der Waals surface area contributed by atoms with Gasteiger partial charge in [0.25, 0.3) is 11.6 Å². The fraction of sp³-hybridized carbons (Fsp3) is 0.0909. The van der Waals surface area contributed by atoms with E-state index >= 15 is 0 Å². The summed E-state index contributed by atoms with van der Waals surface area (Å²) in [5, 5.41) is 23.7. The zero-order valence-electron chi connectivity index (χ0n) is 15.8. The van der Waals surface area contributed by atoms with Crippen LogP contribution in [0.5, 0.6) is 0 Å². The average Bonchev–Trinajstić information content (AvgIpc) is 3.20. The maximum Gasteiger partial charge on any atom is 0.281 e. The van der Waals surface area contributed by atoms with Crippen molar-refractivity contribution < 1.29 is 14.1 Å². The van der Waals surface area contributed by atoms with Crippen molar-refractivity contribution in [3.8, 4) is 17.4 Å². The van der Waals surface area contributed by atoms with Crippen LogP contribution in [0.3, 0.4) is 0 Å². The third kappa shape index (κ3) is 4.74. The molecule has 8 heteroatoms. The molecular weight excluding hydrogens is 406 g/mol. The van der Waals surface area contributed by atoms with Crippen LogP contribution >= 0.6 is 11.6 Å². The van der Waals surface area contributed by atoms with Gasteiger partial charge in [-0.15, -0.1) is 0 Å². The summed E-state index contributed by atoms with van der Waals surface area (Å²) in [6, 6.07) is 18.2. The van der Waals surface area contributed by atoms with Crippen molar-refractivity contribution >= 4 is 29.3 Å². The van der Waals surface area contributed by atoms with Gasteiger partial charge in [-0.1, -0.05) is 41.9 Å². The number of nitriles is 1. The maximum absolute atomic E-state index is 12.5. The van der Waals surface area contributed by atoms with Gasteiger partial charge in [-0.25, -0.2) is 0 Å². The van der Waals surface area contributed by atoms with Gasteiger partial charge in [-0.3, -0.25) is 14.9 Å². The van der Waals surface area contributed by atoms with Gasteiger partial charge in [0.2, 0.25) is 0 Å². The Labute approximate surface area is 177 Å². The second kappa shape index (κ2) is 9.07. The number of nitro benzene ring substituents is 1. The van der Waals surface area contributed by atoms with Gasteiger partial charge in [-0.05, 0) is 36.8 Å². The van der Waals surface area contributed by atoms with E-state index < -0.39 is 10.8 Å². The van der Waals surface area contributed by atoms with E-state index in [1.165, 1.54) is 36.4 Å². The highest BCUT2D eigenvalue weighted by Crippen LogP contribution is 2.33. The summed E-state index contributed by atoms with van der Waals surface area (Å²) in [4.78, 5) is 23.2. The summed E-state index contributed by atoms with van der Waals surface area (Å²) in [5.41, 5.74) is 0.787. The molecule has 1 amide bonds. The van der Waals surface area contributed by atoms with Gasteiger partial charge in [0, 0.05) is 17.2 Å². The SMILES string of the molecule is CC(NC(=O)/C(C#N)=C/c1ccc(-c2ccc(Cl)cc2[N+](=O)[O-])o1)c1ccccc1. The van der Waals surface area contributed by atoms with Crippen LogP contribution in [0.25, 0.3) is 17.4 Å². The predicted octanol–water partition coefficient (Wildman–Crippen LogP) is 5.29. The van der Waals surface area contributed by atoms with Crippen LogP contribution in [0.2, 0.25) is 5.02 Å². The first-order valence-electron chi connectivity index (χ1n) is 8.91. The number of furan rings is 1. The van der Waals surface area contributed by atoms with Crippen LogP contribution in [0.4, 0.5) is 5.69 Å². The highest BCUT2D eigenvalue weighted by molar-refractivity contribution is 6.30. The minimum Gasteiger partial charge on any atom is -0.456 e. The van der Waals surface area contributed by atoms with E-state index in [0.29, 0.717) is 0 Å². The van der Waals surface area contributed by atoms with Crippen LogP contribution in [0, 0.1) is 21.4 Å². The molecule has 1 aromatic heterocycles. The number of rotatable bonds is 6. The van der Waals surface area contributed by atoms with E-state index in [0.717, 1.165) is 5.56 Å². The number of carbonyl (C=O) groups excluding carboxylic acids is 1. The van der Waals surface area contributed by atoms with Crippen molar-refractivity contribution in [2.75, 3.05) is 0 Å². The van der Waals surface area contributed by atoms with Crippen LogP contribution in [0.15, 0.2) is 70.7 Å². The van der Waals surface area contributed by atoms with Crippen LogP contribution in [0.1, 0.15) is 24.3 Å². The number of nitro groups is 1. The number of halogens is 1. The first-order valence-corrected chi connectivity index (χ1v) is 9.28. The normalized spacial score (nSPS) is 12.1. The summed E-state index contributed by atoms with van der Waals surface area (Å²) < 4.78 is 5.62. The summed E-state index contributed by atoms with van der Waals surface area (Å²) in [6.45, 7) is 1.81. The number of hydrogen-bond acceptors (Lipinski definition) is 5. The number of nitrogens with one attached hydrogen (secondary N) is 1. The molecule has 1 unspecified atom stereocenters. The molecule has 0 saturated carbocycles. The molecule has 1 heterocycles. The van der Waals surface area contributed by atoms with Gasteiger partial charge < -0.3 is 9.73 Å². The van der Waals surface area contributed by atoms with Crippen molar-refractivity contribution in [2.45, 2.75) is 13.0 Å². The summed E-state index contributed by atoms with van der Waals surface area (Å²) in [7, 11) is 0. The molecule has 3 rings (SSSR count). The van der Waals surface area contributed by atoms with Gasteiger partial charge in [0.15, 0.2) is 0 Å². The number of hydrogen-bond donors (Lipinski definition) is 1. The number of amides is 1. The van der Waals surface area contributed by atoms with Crippen molar-refractivity contribution in [1.82, 2.24) is 5.32 Å². The smallest absolute Gasteiger partial charge is 0.281 e. The van der Waals surface area contributed by atoms with Crippen molar-refractivity contribution in [2.24, 2.45) is 0 Å². The van der Waals surface area contributed by atoms with E-state index in [4.69, 9.17) is 16.0 Å². The summed E-state index contributed by atoms with van der Waals surface area (Å²) >= 11 is 5.84. The summed E-state index contributed by atoms with van der Waals surface area (Å²) in [6.07, 6.45) is 1.29. The minimum atomic E-state index is -0.557. The molecule has 0 spiro atoms. The quantitative estimate of drug-likeness (QED) is 0.251. The third-order valence-corrected chi connectivity index (χ3v) is 4.58. The molecule has 0 saturated heterocycles. The standard InChI is InChI=1S/C22H16ClN3O4/c1-14(15-5-3-2-4-6-15)25-22(27)16(13-24)11-18-8-10-21(30-18)19-9-7-17(23)12-20(19)26(28)29/h2-12,14H,1H3,(H,25,27)/b16-11+. The first kappa shape index (κ1) is 20.8. The van der Waals surface area contributed by atoms with E-state index in [2.05, 4.69) is 5.32 Å². The van der Waals surface area contributed by atoms with E-state index in [1.807, 2.05) is 43.3 Å². The number of benzene rings is 2. The fourth-order valence-electron chi connectivity index (χ4n) is 2.83. The van der Waals surface area contributed by atoms with E-state index in [9.17, 15) is 20.2 Å². The van der Waals surface area contributed by atoms with Crippen molar-refractivity contribution in [3.63, 3.8) is 0 Å². The van der Waals surface area contributed by atoms with Crippen LogP contribution in [-0.2, 0) is 4.79 Å². The Bertz CT molecular complexity index is 1160. The lowest BCUT2D eigenvalue weighted by atomic mass is 10.1. The molecule has 3 aromatic rings. The molecule has 2 aromatic carbocycles. The van der Waals surface area contributed by atoms with Gasteiger partial charge in [0.05, 0.1) is 16.5 Å². The molecule has 1 atom stereocenters. The highest BCUT2D eigenvalue weighted by Gasteiger charge is 2.19. The Hall–Kier alpha value is -3.89. The molecule has 0 aliphatic carbocycles. The molecule has 7 nitrogen and oxygen atoms in total. The third-order valence-electron chi connectivity index (χ3n) is 4.35. The molecule has 30 heavy (non-hydrogen) atoms. The summed E-state index contributed by atoms with van der Waals surface area (Å²) in [5.74, 6) is -0.113. The lowest BCUT2D eigenvalue weighted by Crippen LogP contribution is -2.27. The molecule has 1 N–H and O–H groups in total. The second-order valence-electron chi connectivity index (χ2n) is 6.40. The molecule has 0 aliphatic rings. The molecule has 0 bridgehead atoms. The molecular formula is C22H16ClN3O4. The zero-order valence-corrected chi connectivity index (χ0v) is 16.6. The minimum absolute atomic E-state index is 0.149. The Kier molecular flexibility index (Phi) is 6.30. The van der Waals surface area contributed by atoms with Gasteiger partial charge >= 0.3 is 0 Å². The van der Waals surface area contributed by atoms with Crippen molar-refractivity contribution in [3.05, 3.63) is 92.7 Å². The molecule has 0 aliphatic heterocycles. The Morgan fingerprint density at radius 3 is 2.63 bits per heavy atom. The molecule has 150 valence electrons. The predicted molar refractivity (Wildman–Crippen MR) is 112 cm³/mol. The Balaban J connectivity index is 1.83. The Morgan fingerprint density at radius 2 is 1.97 bits per heavy atom. The molecule has 0 fully saturated rings. The van der Waals surface area contributed by atoms with Gasteiger partial charge in [-0.2, -0.15) is 5.26 Å². The highest BCUT2D eigenvalue weighted by atomic mass is 35.5. The van der Waals surface area contributed by atoms with Crippen LogP contribution in [-0.4, -0.2) is 10.8 Å². The maximum atomic E-state index is 12.5. The molecule has 0 radical (unpaired) electrons. The van der Waals surface area contributed by atoms with E-state index in [-0.39, 0.29) is 39.4 Å². The second-order valence-corrected chi connectivity index (χ2v) is 6.83. The van der Waals surface area contributed by atoms with Crippen LogP contribution < -0.4 is 5.32 Å². The van der Waals surface area contributed by atoms with Crippen molar-refractivity contribution in [1.29, 1.82) is 5.26 Å². The zero-order chi connectivity index (χ0) is 21.7.